The topological polar surface area (TPSA) is 66.5 Å². The molecule has 0 aliphatic rings. The second-order valence-electron chi connectivity index (χ2n) is 8.19. The zero-order chi connectivity index (χ0) is 24.9. The fourth-order valence-electron chi connectivity index (χ4n) is 3.94. The normalized spacial score (nSPS) is 11.7. The van der Waals surface area contributed by atoms with E-state index in [0.717, 1.165) is 44.5 Å². The molecule has 1 atom stereocenters. The van der Waals surface area contributed by atoms with Crippen molar-refractivity contribution in [3.05, 3.63) is 47.5 Å². The first-order valence-corrected chi connectivity index (χ1v) is 11.8. The van der Waals surface area contributed by atoms with Crippen LogP contribution in [0.2, 0.25) is 0 Å². The SMILES string of the molecule is CCCN(CCCCOC(=O)c1cc(OC)c(OC)c(OC)c1)C(C)Cc1ccc(OC)cc1. The Morgan fingerprint density at radius 3 is 2.06 bits per heavy atom. The van der Waals surface area contributed by atoms with Gasteiger partial charge in [-0.25, -0.2) is 4.79 Å². The molecule has 0 radical (unpaired) electrons. The molecule has 1 unspecified atom stereocenters. The minimum Gasteiger partial charge on any atom is -0.497 e. The summed E-state index contributed by atoms with van der Waals surface area (Å²) in [5, 5.41) is 0. The van der Waals surface area contributed by atoms with E-state index in [9.17, 15) is 4.79 Å². The third-order valence-corrected chi connectivity index (χ3v) is 5.80. The van der Waals surface area contributed by atoms with E-state index in [1.54, 1.807) is 19.2 Å². The van der Waals surface area contributed by atoms with Gasteiger partial charge in [0.1, 0.15) is 5.75 Å². The molecule has 0 bridgehead atoms. The highest BCUT2D eigenvalue weighted by molar-refractivity contribution is 5.91. The van der Waals surface area contributed by atoms with Crippen LogP contribution < -0.4 is 18.9 Å². The van der Waals surface area contributed by atoms with Crippen LogP contribution >= 0.6 is 0 Å². The van der Waals surface area contributed by atoms with Crippen molar-refractivity contribution in [2.24, 2.45) is 0 Å². The van der Waals surface area contributed by atoms with E-state index >= 15 is 0 Å². The van der Waals surface area contributed by atoms with Crippen LogP contribution in [0.25, 0.3) is 0 Å². The number of hydrogen-bond acceptors (Lipinski definition) is 7. The molecule has 0 saturated heterocycles. The molecule has 7 heteroatoms. The largest absolute Gasteiger partial charge is 0.497 e. The fourth-order valence-corrected chi connectivity index (χ4v) is 3.94. The molecule has 0 heterocycles. The highest BCUT2D eigenvalue weighted by Crippen LogP contribution is 2.38. The fraction of sp³-hybridized carbons (Fsp3) is 0.519. The van der Waals surface area contributed by atoms with Gasteiger partial charge < -0.3 is 28.6 Å². The molecule has 188 valence electrons. The maximum atomic E-state index is 12.5. The Balaban J connectivity index is 1.83. The molecule has 0 aliphatic carbocycles. The van der Waals surface area contributed by atoms with Crippen molar-refractivity contribution in [3.8, 4) is 23.0 Å². The van der Waals surface area contributed by atoms with Crippen molar-refractivity contribution in [2.45, 2.75) is 45.6 Å². The molecule has 2 rings (SSSR count). The number of benzene rings is 2. The minimum absolute atomic E-state index is 0.363. The molecule has 0 amide bonds. The first kappa shape index (κ1) is 27.3. The third kappa shape index (κ3) is 7.83. The molecular weight excluding hydrogens is 434 g/mol. The highest BCUT2D eigenvalue weighted by Gasteiger charge is 2.18. The molecule has 7 nitrogen and oxygen atoms in total. The van der Waals surface area contributed by atoms with Crippen LogP contribution in [0.1, 0.15) is 49.0 Å². The Morgan fingerprint density at radius 2 is 1.53 bits per heavy atom. The van der Waals surface area contributed by atoms with Crippen molar-refractivity contribution >= 4 is 5.97 Å². The lowest BCUT2D eigenvalue weighted by molar-refractivity contribution is 0.0492. The number of unbranched alkanes of at least 4 members (excludes halogenated alkanes) is 1. The molecule has 2 aromatic rings. The molecular formula is C27H39NO6. The minimum atomic E-state index is -0.405. The number of carbonyl (C=O) groups is 1. The Bertz CT molecular complexity index is 858. The number of rotatable bonds is 15. The summed E-state index contributed by atoms with van der Waals surface area (Å²) in [5.74, 6) is 1.77. The van der Waals surface area contributed by atoms with Gasteiger partial charge in [0.25, 0.3) is 0 Å². The van der Waals surface area contributed by atoms with E-state index in [4.69, 9.17) is 23.7 Å². The second-order valence-corrected chi connectivity index (χ2v) is 8.19. The number of hydrogen-bond donors (Lipinski definition) is 0. The summed E-state index contributed by atoms with van der Waals surface area (Å²) in [6.45, 7) is 6.84. The van der Waals surface area contributed by atoms with Gasteiger partial charge in [0.05, 0.1) is 40.6 Å². The van der Waals surface area contributed by atoms with Crippen LogP contribution in [0.5, 0.6) is 23.0 Å². The molecule has 0 aromatic heterocycles. The van der Waals surface area contributed by atoms with Crippen LogP contribution in [0.3, 0.4) is 0 Å². The van der Waals surface area contributed by atoms with Crippen LogP contribution in [0, 0.1) is 0 Å². The number of esters is 1. The Labute approximate surface area is 203 Å². The Kier molecular flexibility index (Phi) is 11.5. The molecule has 0 N–H and O–H groups in total. The van der Waals surface area contributed by atoms with Crippen LogP contribution in [0.4, 0.5) is 0 Å². The van der Waals surface area contributed by atoms with Crippen LogP contribution in [-0.2, 0) is 11.2 Å². The van der Waals surface area contributed by atoms with Crippen molar-refractivity contribution in [2.75, 3.05) is 48.1 Å². The van der Waals surface area contributed by atoms with Crippen molar-refractivity contribution < 1.29 is 28.5 Å². The van der Waals surface area contributed by atoms with Gasteiger partial charge in [-0.05, 0) is 75.5 Å². The summed E-state index contributed by atoms with van der Waals surface area (Å²) in [6, 6.07) is 11.9. The Morgan fingerprint density at radius 1 is 0.882 bits per heavy atom. The summed E-state index contributed by atoms with van der Waals surface area (Å²) in [4.78, 5) is 15.0. The van der Waals surface area contributed by atoms with Gasteiger partial charge in [-0.3, -0.25) is 0 Å². The van der Waals surface area contributed by atoms with Gasteiger partial charge in [-0.1, -0.05) is 19.1 Å². The number of nitrogens with zero attached hydrogens (tertiary/aromatic N) is 1. The van der Waals surface area contributed by atoms with Crippen LogP contribution in [-0.4, -0.2) is 65.0 Å². The molecule has 2 aromatic carbocycles. The van der Waals surface area contributed by atoms with Gasteiger partial charge in [0, 0.05) is 6.04 Å². The number of carbonyl (C=O) groups excluding carboxylic acids is 1. The van der Waals surface area contributed by atoms with E-state index < -0.39 is 5.97 Å². The van der Waals surface area contributed by atoms with E-state index in [1.165, 1.54) is 26.9 Å². The number of methoxy groups -OCH3 is 4. The third-order valence-electron chi connectivity index (χ3n) is 5.80. The van der Waals surface area contributed by atoms with E-state index in [1.807, 2.05) is 12.1 Å². The molecule has 0 saturated carbocycles. The maximum absolute atomic E-state index is 12.5. The van der Waals surface area contributed by atoms with Gasteiger partial charge in [0.15, 0.2) is 11.5 Å². The van der Waals surface area contributed by atoms with E-state index in [2.05, 4.69) is 30.9 Å². The average Bonchev–Trinajstić information content (AvgIpc) is 2.87. The van der Waals surface area contributed by atoms with Gasteiger partial charge in [-0.15, -0.1) is 0 Å². The average molecular weight is 474 g/mol. The predicted molar refractivity (Wildman–Crippen MR) is 134 cm³/mol. The lowest BCUT2D eigenvalue weighted by Gasteiger charge is -2.29. The van der Waals surface area contributed by atoms with Crippen molar-refractivity contribution in [3.63, 3.8) is 0 Å². The summed E-state index contributed by atoms with van der Waals surface area (Å²) < 4.78 is 26.7. The molecule has 0 fully saturated rings. The van der Waals surface area contributed by atoms with Crippen molar-refractivity contribution in [1.82, 2.24) is 4.90 Å². The summed E-state index contributed by atoms with van der Waals surface area (Å²) in [5.41, 5.74) is 1.67. The standard InChI is InChI=1S/C27H39NO6/c1-7-14-28(20(2)17-21-10-12-23(30-3)13-11-21)15-8-9-16-34-27(29)22-18-24(31-4)26(33-6)25(19-22)32-5/h10-13,18-20H,7-9,14-17H2,1-6H3. The zero-order valence-corrected chi connectivity index (χ0v) is 21.4. The zero-order valence-electron chi connectivity index (χ0n) is 21.4. The van der Waals surface area contributed by atoms with Crippen LogP contribution in [0.15, 0.2) is 36.4 Å². The second kappa shape index (κ2) is 14.4. The highest BCUT2D eigenvalue weighted by atomic mass is 16.5. The summed E-state index contributed by atoms with van der Waals surface area (Å²) >= 11 is 0. The smallest absolute Gasteiger partial charge is 0.338 e. The summed E-state index contributed by atoms with van der Waals surface area (Å²) in [6.07, 6.45) is 3.84. The van der Waals surface area contributed by atoms with Crippen molar-refractivity contribution in [1.29, 1.82) is 0 Å². The Hall–Kier alpha value is -2.93. The van der Waals surface area contributed by atoms with E-state index in [0.29, 0.717) is 35.5 Å². The quantitative estimate of drug-likeness (QED) is 0.266. The maximum Gasteiger partial charge on any atom is 0.338 e. The molecule has 0 aliphatic heterocycles. The predicted octanol–water partition coefficient (Wildman–Crippen LogP) is 5.00. The first-order chi connectivity index (χ1) is 16.5. The number of ether oxygens (including phenoxy) is 5. The molecule has 0 spiro atoms. The monoisotopic (exact) mass is 473 g/mol. The van der Waals surface area contributed by atoms with Gasteiger partial charge >= 0.3 is 5.97 Å². The summed E-state index contributed by atoms with van der Waals surface area (Å²) in [7, 11) is 6.24. The van der Waals surface area contributed by atoms with Gasteiger partial charge in [0.2, 0.25) is 5.75 Å². The lowest BCUT2D eigenvalue weighted by atomic mass is 10.0. The first-order valence-electron chi connectivity index (χ1n) is 11.8. The van der Waals surface area contributed by atoms with E-state index in [-0.39, 0.29) is 0 Å². The molecule has 34 heavy (non-hydrogen) atoms. The van der Waals surface area contributed by atoms with Gasteiger partial charge in [-0.2, -0.15) is 0 Å². The lowest BCUT2D eigenvalue weighted by Crippen LogP contribution is -2.36.